The zero-order chi connectivity index (χ0) is 14.4. The standard InChI is InChI=1S/C15H23NO3/c1-10(2)11(3)16-15(18)9-19-14-8-6-5-7-13(14)12(4)17/h5-8,10-12,17H,9H2,1-4H3,(H,16,18)/t11?,12-/m0/s1. The molecule has 0 aliphatic carbocycles. The molecule has 106 valence electrons. The van der Waals surface area contributed by atoms with Gasteiger partial charge in [0.2, 0.25) is 0 Å². The van der Waals surface area contributed by atoms with Crippen molar-refractivity contribution in [2.75, 3.05) is 6.61 Å². The number of ether oxygens (including phenoxy) is 1. The Balaban J connectivity index is 2.55. The highest BCUT2D eigenvalue weighted by molar-refractivity contribution is 5.77. The molecule has 2 atom stereocenters. The predicted octanol–water partition coefficient (Wildman–Crippen LogP) is 2.28. The van der Waals surface area contributed by atoms with Crippen LogP contribution in [-0.2, 0) is 4.79 Å². The largest absolute Gasteiger partial charge is 0.483 e. The molecule has 1 rings (SSSR count). The van der Waals surface area contributed by atoms with Crippen molar-refractivity contribution < 1.29 is 14.6 Å². The number of benzene rings is 1. The Kier molecular flexibility index (Phi) is 5.83. The van der Waals surface area contributed by atoms with Gasteiger partial charge in [-0.05, 0) is 25.8 Å². The summed E-state index contributed by atoms with van der Waals surface area (Å²) in [5.41, 5.74) is 0.687. The lowest BCUT2D eigenvalue weighted by molar-refractivity contribution is -0.124. The second-order valence-electron chi connectivity index (χ2n) is 5.10. The van der Waals surface area contributed by atoms with Crippen molar-refractivity contribution in [1.82, 2.24) is 5.32 Å². The third kappa shape index (κ3) is 4.91. The highest BCUT2D eigenvalue weighted by Crippen LogP contribution is 2.24. The third-order valence-electron chi connectivity index (χ3n) is 3.12. The van der Waals surface area contributed by atoms with Gasteiger partial charge in [-0.3, -0.25) is 4.79 Å². The minimum atomic E-state index is -0.617. The van der Waals surface area contributed by atoms with Crippen molar-refractivity contribution in [3.63, 3.8) is 0 Å². The molecule has 19 heavy (non-hydrogen) atoms. The van der Waals surface area contributed by atoms with E-state index < -0.39 is 6.10 Å². The second-order valence-corrected chi connectivity index (χ2v) is 5.10. The molecule has 0 spiro atoms. The monoisotopic (exact) mass is 265 g/mol. The van der Waals surface area contributed by atoms with Crippen molar-refractivity contribution in [3.05, 3.63) is 29.8 Å². The molecule has 1 unspecified atom stereocenters. The Bertz CT molecular complexity index is 416. The normalized spacial score (nSPS) is 14.0. The van der Waals surface area contributed by atoms with E-state index >= 15 is 0 Å². The highest BCUT2D eigenvalue weighted by Gasteiger charge is 2.13. The van der Waals surface area contributed by atoms with Crippen molar-refractivity contribution in [2.45, 2.75) is 39.8 Å². The number of hydrogen-bond donors (Lipinski definition) is 2. The van der Waals surface area contributed by atoms with E-state index in [9.17, 15) is 9.90 Å². The van der Waals surface area contributed by atoms with Crippen molar-refractivity contribution in [1.29, 1.82) is 0 Å². The Morgan fingerprint density at radius 1 is 1.26 bits per heavy atom. The molecule has 0 aliphatic rings. The first-order chi connectivity index (χ1) is 8.91. The lowest BCUT2D eigenvalue weighted by Crippen LogP contribution is -2.39. The van der Waals surface area contributed by atoms with E-state index in [0.29, 0.717) is 17.2 Å². The lowest BCUT2D eigenvalue weighted by atomic mass is 10.1. The number of nitrogens with one attached hydrogen (secondary N) is 1. The summed E-state index contributed by atoms with van der Waals surface area (Å²) in [6.45, 7) is 7.69. The summed E-state index contributed by atoms with van der Waals surface area (Å²) in [7, 11) is 0. The average molecular weight is 265 g/mol. The fourth-order valence-electron chi connectivity index (χ4n) is 1.56. The Morgan fingerprint density at radius 2 is 1.89 bits per heavy atom. The fourth-order valence-corrected chi connectivity index (χ4v) is 1.56. The number of carbonyl (C=O) groups excluding carboxylic acids is 1. The fraction of sp³-hybridized carbons (Fsp3) is 0.533. The van der Waals surface area contributed by atoms with Crippen LogP contribution in [0.3, 0.4) is 0 Å². The van der Waals surface area contributed by atoms with Gasteiger partial charge in [-0.2, -0.15) is 0 Å². The van der Waals surface area contributed by atoms with E-state index in [2.05, 4.69) is 19.2 Å². The van der Waals surface area contributed by atoms with Crippen LogP contribution in [-0.4, -0.2) is 23.7 Å². The molecular weight excluding hydrogens is 242 g/mol. The molecule has 0 aromatic heterocycles. The van der Waals surface area contributed by atoms with Gasteiger partial charge in [-0.25, -0.2) is 0 Å². The van der Waals surface area contributed by atoms with Gasteiger partial charge in [0.15, 0.2) is 6.61 Å². The van der Waals surface area contributed by atoms with E-state index in [1.165, 1.54) is 0 Å². The summed E-state index contributed by atoms with van der Waals surface area (Å²) in [5, 5.41) is 12.5. The van der Waals surface area contributed by atoms with Gasteiger partial charge < -0.3 is 15.2 Å². The van der Waals surface area contributed by atoms with Crippen LogP contribution >= 0.6 is 0 Å². The molecule has 0 heterocycles. The minimum Gasteiger partial charge on any atom is -0.483 e. The molecule has 1 aromatic rings. The van der Waals surface area contributed by atoms with Crippen LogP contribution in [0.5, 0.6) is 5.75 Å². The summed E-state index contributed by atoms with van der Waals surface area (Å²) in [4.78, 5) is 11.7. The summed E-state index contributed by atoms with van der Waals surface area (Å²) in [6, 6.07) is 7.30. The molecule has 4 nitrogen and oxygen atoms in total. The summed E-state index contributed by atoms with van der Waals surface area (Å²) >= 11 is 0. The van der Waals surface area contributed by atoms with Crippen LogP contribution in [0.1, 0.15) is 39.4 Å². The van der Waals surface area contributed by atoms with Crippen LogP contribution in [0.2, 0.25) is 0 Å². The number of para-hydroxylation sites is 1. The molecule has 4 heteroatoms. The van der Waals surface area contributed by atoms with Gasteiger partial charge in [0, 0.05) is 11.6 Å². The first-order valence-corrected chi connectivity index (χ1v) is 6.61. The molecular formula is C15H23NO3. The first-order valence-electron chi connectivity index (χ1n) is 6.61. The SMILES string of the molecule is CC(C)C(C)NC(=O)COc1ccccc1[C@H](C)O. The maximum absolute atomic E-state index is 11.7. The molecule has 0 fully saturated rings. The van der Waals surface area contributed by atoms with Crippen LogP contribution < -0.4 is 10.1 Å². The summed E-state index contributed by atoms with van der Waals surface area (Å²) in [5.74, 6) is 0.778. The molecule has 1 amide bonds. The molecule has 0 radical (unpaired) electrons. The maximum Gasteiger partial charge on any atom is 0.258 e. The number of hydrogen-bond acceptors (Lipinski definition) is 3. The van der Waals surface area contributed by atoms with Gasteiger partial charge in [0.25, 0.3) is 5.91 Å². The smallest absolute Gasteiger partial charge is 0.258 e. The molecule has 0 bridgehead atoms. The Hall–Kier alpha value is -1.55. The Morgan fingerprint density at radius 3 is 2.47 bits per heavy atom. The number of rotatable bonds is 6. The van der Waals surface area contributed by atoms with Crippen molar-refractivity contribution in [3.8, 4) is 5.75 Å². The maximum atomic E-state index is 11.7. The van der Waals surface area contributed by atoms with Gasteiger partial charge in [0.05, 0.1) is 6.10 Å². The lowest BCUT2D eigenvalue weighted by Gasteiger charge is -2.18. The van der Waals surface area contributed by atoms with Crippen LogP contribution in [0, 0.1) is 5.92 Å². The Labute approximate surface area is 114 Å². The third-order valence-corrected chi connectivity index (χ3v) is 3.12. The summed E-state index contributed by atoms with van der Waals surface area (Å²) < 4.78 is 5.47. The zero-order valence-electron chi connectivity index (χ0n) is 12.0. The second kappa shape index (κ2) is 7.14. The first kappa shape index (κ1) is 15.5. The van der Waals surface area contributed by atoms with Gasteiger partial charge >= 0.3 is 0 Å². The van der Waals surface area contributed by atoms with Crippen LogP contribution in [0.15, 0.2) is 24.3 Å². The van der Waals surface area contributed by atoms with E-state index in [1.807, 2.05) is 19.1 Å². The molecule has 2 N–H and O–H groups in total. The highest BCUT2D eigenvalue weighted by atomic mass is 16.5. The number of aliphatic hydroxyl groups excluding tert-OH is 1. The zero-order valence-corrected chi connectivity index (χ0v) is 12.0. The van der Waals surface area contributed by atoms with Crippen molar-refractivity contribution >= 4 is 5.91 Å². The van der Waals surface area contributed by atoms with Crippen LogP contribution in [0.4, 0.5) is 0 Å². The average Bonchev–Trinajstić information content (AvgIpc) is 2.36. The quantitative estimate of drug-likeness (QED) is 0.829. The predicted molar refractivity (Wildman–Crippen MR) is 75.0 cm³/mol. The minimum absolute atomic E-state index is 0.0409. The van der Waals surface area contributed by atoms with Gasteiger partial charge in [0.1, 0.15) is 5.75 Å². The molecule has 0 aliphatic heterocycles. The summed E-state index contributed by atoms with van der Waals surface area (Å²) in [6.07, 6.45) is -0.617. The van der Waals surface area contributed by atoms with Crippen LogP contribution in [0.25, 0.3) is 0 Å². The molecule has 1 aromatic carbocycles. The number of carbonyl (C=O) groups is 1. The van der Waals surface area contributed by atoms with Gasteiger partial charge in [-0.15, -0.1) is 0 Å². The van der Waals surface area contributed by atoms with Crippen molar-refractivity contribution in [2.24, 2.45) is 5.92 Å². The van der Waals surface area contributed by atoms with E-state index in [1.54, 1.807) is 19.1 Å². The number of aliphatic hydroxyl groups is 1. The van der Waals surface area contributed by atoms with E-state index in [0.717, 1.165) is 0 Å². The van der Waals surface area contributed by atoms with Gasteiger partial charge in [-0.1, -0.05) is 32.0 Å². The molecule has 0 saturated heterocycles. The van der Waals surface area contributed by atoms with E-state index in [4.69, 9.17) is 4.74 Å². The topological polar surface area (TPSA) is 58.6 Å². The molecule has 0 saturated carbocycles. The van der Waals surface area contributed by atoms with E-state index in [-0.39, 0.29) is 18.6 Å². The number of amides is 1.